The highest BCUT2D eigenvalue weighted by Gasteiger charge is 2.18. The molecule has 32 heavy (non-hydrogen) atoms. The Balaban J connectivity index is 1.77. The van der Waals surface area contributed by atoms with Crippen LogP contribution in [0, 0.1) is 21.4 Å². The number of nitrogens with zero attached hydrogens (tertiary/aromatic N) is 5. The number of allylic oxidation sites excluding steroid dienone is 1. The van der Waals surface area contributed by atoms with Crippen LogP contribution < -0.4 is 10.1 Å². The summed E-state index contributed by atoms with van der Waals surface area (Å²) >= 11 is 1.16. The van der Waals surface area contributed by atoms with E-state index in [1.54, 1.807) is 13.2 Å². The molecule has 2 aromatic carbocycles. The molecule has 0 aliphatic heterocycles. The lowest BCUT2D eigenvalue weighted by atomic mass is 10.1. The average Bonchev–Trinajstić information content (AvgIpc) is 3.20. The van der Waals surface area contributed by atoms with Crippen LogP contribution in [0.25, 0.3) is 11.4 Å². The van der Waals surface area contributed by atoms with Gasteiger partial charge in [-0.15, -0.1) is 16.8 Å². The number of methoxy groups -OCH3 is 1. The van der Waals surface area contributed by atoms with E-state index >= 15 is 0 Å². The van der Waals surface area contributed by atoms with Gasteiger partial charge in [0.1, 0.15) is 11.8 Å². The Bertz CT molecular complexity index is 1220. The smallest absolute Gasteiger partial charge is 0.270 e. The summed E-state index contributed by atoms with van der Waals surface area (Å²) in [7, 11) is 1.57. The fourth-order valence-electron chi connectivity index (χ4n) is 2.88. The van der Waals surface area contributed by atoms with Crippen LogP contribution in [-0.2, 0) is 11.3 Å². The maximum Gasteiger partial charge on any atom is 0.270 e. The minimum atomic E-state index is -0.603. The largest absolute Gasteiger partial charge is 0.496 e. The second-order valence-corrected chi connectivity index (χ2v) is 7.28. The number of anilines is 1. The Morgan fingerprint density at radius 1 is 1.38 bits per heavy atom. The lowest BCUT2D eigenvalue weighted by Gasteiger charge is -2.11. The first-order valence-corrected chi connectivity index (χ1v) is 10.3. The van der Waals surface area contributed by atoms with Gasteiger partial charge in [-0.25, -0.2) is 0 Å². The highest BCUT2D eigenvalue weighted by molar-refractivity contribution is 7.99. The third-order valence-corrected chi connectivity index (χ3v) is 5.28. The predicted molar refractivity (Wildman–Crippen MR) is 119 cm³/mol. The summed E-state index contributed by atoms with van der Waals surface area (Å²) in [6.07, 6.45) is 1.70. The van der Waals surface area contributed by atoms with Crippen molar-refractivity contribution in [2.75, 3.05) is 18.2 Å². The maximum atomic E-state index is 12.4. The lowest BCUT2D eigenvalue weighted by Crippen LogP contribution is -2.15. The number of hydrogen-bond acceptors (Lipinski definition) is 8. The van der Waals surface area contributed by atoms with Crippen molar-refractivity contribution in [3.05, 3.63) is 70.8 Å². The first-order chi connectivity index (χ1) is 15.5. The Hall–Kier alpha value is -4.17. The molecule has 1 heterocycles. The number of rotatable bonds is 9. The number of hydrogen-bond donors (Lipinski definition) is 1. The van der Waals surface area contributed by atoms with Gasteiger partial charge in [0.15, 0.2) is 11.0 Å². The van der Waals surface area contributed by atoms with Crippen molar-refractivity contribution in [3.63, 3.8) is 0 Å². The topological polar surface area (TPSA) is 136 Å². The SMILES string of the molecule is C=CCn1c(SCC(=O)Nc2ccc([N+](=O)[O-])cc2C#N)nnc1-c1ccccc1OC. The third-order valence-electron chi connectivity index (χ3n) is 4.32. The zero-order valence-corrected chi connectivity index (χ0v) is 17.8. The van der Waals surface area contributed by atoms with E-state index in [4.69, 9.17) is 4.74 Å². The number of aromatic nitrogens is 3. The first kappa shape index (κ1) is 22.5. The van der Waals surface area contributed by atoms with Gasteiger partial charge in [0, 0.05) is 18.7 Å². The number of amides is 1. The van der Waals surface area contributed by atoms with Crippen LogP contribution in [0.2, 0.25) is 0 Å². The van der Waals surface area contributed by atoms with Crippen molar-refractivity contribution in [3.8, 4) is 23.2 Å². The van der Waals surface area contributed by atoms with Crippen molar-refractivity contribution in [1.82, 2.24) is 14.8 Å². The fraction of sp³-hybridized carbons (Fsp3) is 0.143. The van der Waals surface area contributed by atoms with Gasteiger partial charge < -0.3 is 10.1 Å². The minimum absolute atomic E-state index is 0.00540. The molecule has 0 saturated carbocycles. The van der Waals surface area contributed by atoms with E-state index in [0.29, 0.717) is 23.3 Å². The molecule has 0 atom stereocenters. The first-order valence-electron chi connectivity index (χ1n) is 9.27. The van der Waals surface area contributed by atoms with Gasteiger partial charge >= 0.3 is 0 Å². The number of carbonyl (C=O) groups excluding carboxylic acids is 1. The number of nitrogens with one attached hydrogen (secondary N) is 1. The summed E-state index contributed by atoms with van der Waals surface area (Å²) in [6.45, 7) is 4.19. The number of nitro benzene ring substituents is 1. The van der Waals surface area contributed by atoms with Crippen LogP contribution in [0.3, 0.4) is 0 Å². The summed E-state index contributed by atoms with van der Waals surface area (Å²) < 4.78 is 7.22. The minimum Gasteiger partial charge on any atom is -0.496 e. The maximum absolute atomic E-state index is 12.4. The third kappa shape index (κ3) is 4.93. The number of ether oxygens (including phenoxy) is 1. The molecule has 0 fully saturated rings. The summed E-state index contributed by atoms with van der Waals surface area (Å²) in [5.74, 6) is 0.810. The van der Waals surface area contributed by atoms with Crippen molar-refractivity contribution in [2.45, 2.75) is 11.7 Å². The van der Waals surface area contributed by atoms with E-state index in [9.17, 15) is 20.2 Å². The average molecular weight is 450 g/mol. The molecule has 0 radical (unpaired) electrons. The predicted octanol–water partition coefficient (Wildman–Crippen LogP) is 3.65. The van der Waals surface area contributed by atoms with Gasteiger partial charge in [0.05, 0.1) is 34.6 Å². The van der Waals surface area contributed by atoms with E-state index in [0.717, 1.165) is 23.4 Å². The monoisotopic (exact) mass is 450 g/mol. The number of carbonyl (C=O) groups is 1. The van der Waals surface area contributed by atoms with Gasteiger partial charge in [0.2, 0.25) is 5.91 Å². The van der Waals surface area contributed by atoms with Crippen molar-refractivity contribution < 1.29 is 14.5 Å². The van der Waals surface area contributed by atoms with E-state index < -0.39 is 10.8 Å². The molecule has 0 aliphatic rings. The van der Waals surface area contributed by atoms with Gasteiger partial charge in [0.25, 0.3) is 5.69 Å². The van der Waals surface area contributed by atoms with E-state index in [1.807, 2.05) is 34.9 Å². The Labute approximate surface area is 187 Å². The van der Waals surface area contributed by atoms with Gasteiger partial charge in [-0.05, 0) is 18.2 Å². The standard InChI is InChI=1S/C21H18N6O4S/c1-3-10-26-20(16-6-4-5-7-18(16)31-2)24-25-21(26)32-13-19(28)23-17-9-8-15(27(29)30)11-14(17)12-22/h3-9,11H,1,10,13H2,2H3,(H,23,28). The molecular formula is C21H18N6O4S. The van der Waals surface area contributed by atoms with Gasteiger partial charge in [-0.3, -0.25) is 19.5 Å². The quantitative estimate of drug-likeness (QED) is 0.226. The molecule has 1 aromatic heterocycles. The molecule has 0 aliphatic carbocycles. The van der Waals surface area contributed by atoms with Crippen molar-refractivity contribution in [1.29, 1.82) is 5.26 Å². The second kappa shape index (κ2) is 10.2. The van der Waals surface area contributed by atoms with Crippen LogP contribution in [0.15, 0.2) is 60.3 Å². The van der Waals surface area contributed by atoms with Crippen LogP contribution >= 0.6 is 11.8 Å². The Morgan fingerprint density at radius 2 is 2.16 bits per heavy atom. The van der Waals surface area contributed by atoms with E-state index in [2.05, 4.69) is 22.1 Å². The molecule has 162 valence electrons. The second-order valence-electron chi connectivity index (χ2n) is 6.34. The molecular weight excluding hydrogens is 432 g/mol. The summed E-state index contributed by atoms with van der Waals surface area (Å²) in [5, 5.41) is 31.7. The molecule has 0 saturated heterocycles. The van der Waals surface area contributed by atoms with Crippen LogP contribution in [-0.4, -0.2) is 38.5 Å². The van der Waals surface area contributed by atoms with E-state index in [-0.39, 0.29) is 22.7 Å². The number of benzene rings is 2. The molecule has 0 spiro atoms. The van der Waals surface area contributed by atoms with Crippen LogP contribution in [0.4, 0.5) is 11.4 Å². The number of nitriles is 1. The summed E-state index contributed by atoms with van der Waals surface area (Å²) in [6, 6.07) is 12.9. The van der Waals surface area contributed by atoms with Crippen LogP contribution in [0.1, 0.15) is 5.56 Å². The molecule has 0 bridgehead atoms. The zero-order chi connectivity index (χ0) is 23.1. The number of non-ortho nitro benzene ring substituents is 1. The zero-order valence-electron chi connectivity index (χ0n) is 17.0. The van der Waals surface area contributed by atoms with Gasteiger partial charge in [-0.2, -0.15) is 5.26 Å². The summed E-state index contributed by atoms with van der Waals surface area (Å²) in [4.78, 5) is 22.7. The Morgan fingerprint density at radius 3 is 2.84 bits per heavy atom. The molecule has 3 aromatic rings. The Kier molecular flexibility index (Phi) is 7.20. The van der Waals surface area contributed by atoms with Gasteiger partial charge in [-0.1, -0.05) is 30.0 Å². The number of nitro groups is 1. The fourth-order valence-corrected chi connectivity index (χ4v) is 3.63. The number of para-hydroxylation sites is 1. The van der Waals surface area contributed by atoms with Crippen LogP contribution in [0.5, 0.6) is 5.75 Å². The lowest BCUT2D eigenvalue weighted by molar-refractivity contribution is -0.384. The van der Waals surface area contributed by atoms with E-state index in [1.165, 1.54) is 12.1 Å². The molecule has 1 amide bonds. The normalized spacial score (nSPS) is 10.2. The van der Waals surface area contributed by atoms with Crippen molar-refractivity contribution >= 4 is 29.0 Å². The number of thioether (sulfide) groups is 1. The molecule has 10 nitrogen and oxygen atoms in total. The highest BCUT2D eigenvalue weighted by Crippen LogP contribution is 2.31. The summed E-state index contributed by atoms with van der Waals surface area (Å²) in [5.41, 5.74) is 0.734. The van der Waals surface area contributed by atoms with Crippen molar-refractivity contribution in [2.24, 2.45) is 0 Å². The highest BCUT2D eigenvalue weighted by atomic mass is 32.2. The molecule has 1 N–H and O–H groups in total. The molecule has 0 unspecified atom stereocenters. The molecule has 11 heteroatoms. The molecule has 3 rings (SSSR count).